The minimum Gasteiger partial charge on any atom is -0.463 e. The van der Waals surface area contributed by atoms with Crippen molar-refractivity contribution in [2.45, 2.75) is 4.90 Å². The van der Waals surface area contributed by atoms with Gasteiger partial charge in [-0.15, -0.1) is 11.3 Å². The molecule has 40 heavy (non-hydrogen) atoms. The molecule has 4 heterocycles. The molecule has 0 atom stereocenters. The van der Waals surface area contributed by atoms with E-state index >= 15 is 0 Å². The molecule has 1 saturated heterocycles. The molecule has 0 unspecified atom stereocenters. The summed E-state index contributed by atoms with van der Waals surface area (Å²) < 4.78 is 50.3. The van der Waals surface area contributed by atoms with Gasteiger partial charge in [0.15, 0.2) is 17.3 Å². The Balaban J connectivity index is 1.38. The molecule has 1 fully saturated rings. The number of sulfonamides is 1. The number of rotatable bonds is 7. The summed E-state index contributed by atoms with van der Waals surface area (Å²) in [7, 11) is -3.64. The van der Waals surface area contributed by atoms with Crippen molar-refractivity contribution in [2.75, 3.05) is 33.1 Å². The maximum atomic E-state index is 13.0. The topological polar surface area (TPSA) is 151 Å². The second-order valence-electron chi connectivity index (χ2n) is 8.58. The molecule has 0 radical (unpaired) electrons. The number of hydrogen-bond acceptors (Lipinski definition) is 11. The highest BCUT2D eigenvalue weighted by Gasteiger charge is 2.26. The zero-order valence-corrected chi connectivity index (χ0v) is 22.3. The van der Waals surface area contributed by atoms with Crippen LogP contribution < -0.4 is 14.3 Å². The first-order valence-corrected chi connectivity index (χ1v) is 14.3. The fourth-order valence-electron chi connectivity index (χ4n) is 4.15. The molecule has 2 aromatic heterocycles. The van der Waals surface area contributed by atoms with Gasteiger partial charge in [0.2, 0.25) is 21.6 Å². The molecule has 2 aliphatic rings. The summed E-state index contributed by atoms with van der Waals surface area (Å²) in [6.45, 7) is 1.31. The van der Waals surface area contributed by atoms with E-state index in [0.717, 1.165) is 0 Å². The lowest BCUT2D eigenvalue weighted by Gasteiger charge is -2.26. The first-order valence-electron chi connectivity index (χ1n) is 12.0. The van der Waals surface area contributed by atoms with Crippen molar-refractivity contribution in [2.24, 2.45) is 10.1 Å². The van der Waals surface area contributed by atoms with E-state index < -0.39 is 14.9 Å². The molecule has 2 aromatic carbocycles. The van der Waals surface area contributed by atoms with Gasteiger partial charge in [-0.05, 0) is 42.5 Å². The molecule has 0 amide bonds. The van der Waals surface area contributed by atoms with Gasteiger partial charge < -0.3 is 18.6 Å². The Morgan fingerprint density at radius 2 is 1.80 bits per heavy atom. The number of furan rings is 1. The number of morpholine rings is 1. The third-order valence-electron chi connectivity index (χ3n) is 6.16. The Morgan fingerprint density at radius 3 is 2.50 bits per heavy atom. The minimum absolute atomic E-state index is 0.0232. The van der Waals surface area contributed by atoms with Gasteiger partial charge in [0.1, 0.15) is 5.69 Å². The molecule has 15 heteroatoms. The Morgan fingerprint density at radius 1 is 1.05 bits per heavy atom. The zero-order valence-electron chi connectivity index (χ0n) is 20.7. The van der Waals surface area contributed by atoms with Crippen molar-refractivity contribution < 1.29 is 32.0 Å². The van der Waals surface area contributed by atoms with Crippen LogP contribution in [0.1, 0.15) is 5.56 Å². The third-order valence-corrected chi connectivity index (χ3v) is 8.89. The molecular formula is C25H21N5O8S2. The first-order chi connectivity index (χ1) is 19.4. The predicted molar refractivity (Wildman–Crippen MR) is 143 cm³/mol. The van der Waals surface area contributed by atoms with E-state index in [0.29, 0.717) is 54.0 Å². The number of nitrogens with zero attached hydrogens (tertiary/aromatic N) is 5. The summed E-state index contributed by atoms with van der Waals surface area (Å²) in [6, 6.07) is 12.5. The van der Waals surface area contributed by atoms with Crippen molar-refractivity contribution in [3.8, 4) is 23.0 Å². The molecule has 6 rings (SSSR count). The quantitative estimate of drug-likeness (QED) is 0.182. The Labute approximate surface area is 231 Å². The van der Waals surface area contributed by atoms with E-state index in [1.165, 1.54) is 57.1 Å². The van der Waals surface area contributed by atoms with Gasteiger partial charge in [0.25, 0.3) is 5.69 Å². The molecule has 0 saturated carbocycles. The van der Waals surface area contributed by atoms with Crippen LogP contribution in [0.5, 0.6) is 11.5 Å². The van der Waals surface area contributed by atoms with Crippen LogP contribution in [-0.4, -0.2) is 61.6 Å². The maximum absolute atomic E-state index is 13.0. The third kappa shape index (κ3) is 5.02. The lowest BCUT2D eigenvalue weighted by atomic mass is 10.1. The number of aromatic nitrogens is 1. The summed E-state index contributed by atoms with van der Waals surface area (Å²) in [6.07, 6.45) is 2.87. The SMILES string of the molecule is O=[N+]([O-])c1cc2c(cc1C=Nn1c(-c3ccco3)csc1=Nc1ccc(S(=O)(=O)N3CCOCC3)cc1)OCO2. The highest BCUT2D eigenvalue weighted by molar-refractivity contribution is 7.89. The van der Waals surface area contributed by atoms with Gasteiger partial charge in [0, 0.05) is 18.5 Å². The number of nitro benzene ring substituents is 1. The Kier molecular flexibility index (Phi) is 6.93. The molecule has 0 aliphatic carbocycles. The number of hydrogen-bond donors (Lipinski definition) is 0. The zero-order chi connectivity index (χ0) is 27.7. The molecular weight excluding hydrogens is 562 g/mol. The van der Waals surface area contributed by atoms with Crippen LogP contribution in [0.3, 0.4) is 0 Å². The van der Waals surface area contributed by atoms with E-state index in [9.17, 15) is 18.5 Å². The standard InChI is InChI=1S/C25H21N5O8S2/c31-30(32)20-13-24-23(37-16-38-24)12-17(20)14-26-29-21(22-2-1-9-36-22)15-39-25(29)27-18-3-5-19(6-4-18)40(33,34)28-7-10-35-11-8-28/h1-6,9,12-15H,7-8,10-11,16H2. The van der Waals surface area contributed by atoms with Crippen LogP contribution in [0, 0.1) is 10.1 Å². The van der Waals surface area contributed by atoms with Crippen LogP contribution in [0.4, 0.5) is 11.4 Å². The molecule has 0 spiro atoms. The Hall–Kier alpha value is -4.31. The second kappa shape index (κ2) is 10.7. The molecule has 13 nitrogen and oxygen atoms in total. The highest BCUT2D eigenvalue weighted by atomic mass is 32.2. The summed E-state index contributed by atoms with van der Waals surface area (Å²) in [5.74, 6) is 1.19. The van der Waals surface area contributed by atoms with E-state index in [-0.39, 0.29) is 28.7 Å². The summed E-state index contributed by atoms with van der Waals surface area (Å²) >= 11 is 1.27. The van der Waals surface area contributed by atoms with Crippen molar-refractivity contribution in [1.82, 2.24) is 8.98 Å². The van der Waals surface area contributed by atoms with Crippen LogP contribution in [0.15, 0.2) is 79.6 Å². The van der Waals surface area contributed by atoms with Crippen LogP contribution in [0.2, 0.25) is 0 Å². The van der Waals surface area contributed by atoms with E-state index in [1.54, 1.807) is 29.6 Å². The summed E-state index contributed by atoms with van der Waals surface area (Å²) in [5.41, 5.74) is 1.08. The first kappa shape index (κ1) is 25.9. The average Bonchev–Trinajstić information content (AvgIpc) is 3.73. The lowest BCUT2D eigenvalue weighted by molar-refractivity contribution is -0.385. The predicted octanol–water partition coefficient (Wildman–Crippen LogP) is 3.58. The monoisotopic (exact) mass is 583 g/mol. The normalized spacial score (nSPS) is 16.1. The Bertz CT molecular complexity index is 1750. The molecule has 0 N–H and O–H groups in total. The fourth-order valence-corrected chi connectivity index (χ4v) is 6.40. The van der Waals surface area contributed by atoms with Crippen LogP contribution >= 0.6 is 11.3 Å². The van der Waals surface area contributed by atoms with Crippen molar-refractivity contribution in [1.29, 1.82) is 0 Å². The molecule has 206 valence electrons. The van der Waals surface area contributed by atoms with E-state index in [2.05, 4.69) is 10.1 Å². The summed E-state index contributed by atoms with van der Waals surface area (Å²) in [4.78, 5) is 16.4. The maximum Gasteiger partial charge on any atom is 0.282 e. The van der Waals surface area contributed by atoms with Crippen molar-refractivity contribution >= 4 is 38.9 Å². The van der Waals surface area contributed by atoms with Crippen molar-refractivity contribution in [3.63, 3.8) is 0 Å². The second-order valence-corrected chi connectivity index (χ2v) is 11.4. The fraction of sp³-hybridized carbons (Fsp3) is 0.200. The molecule has 4 aromatic rings. The number of fused-ring (bicyclic) bond motifs is 1. The van der Waals surface area contributed by atoms with Gasteiger partial charge in [0.05, 0.1) is 52.8 Å². The molecule has 2 aliphatic heterocycles. The van der Waals surface area contributed by atoms with Crippen molar-refractivity contribution in [3.05, 3.63) is 80.7 Å². The largest absolute Gasteiger partial charge is 0.463 e. The number of benzene rings is 2. The minimum atomic E-state index is -3.64. The van der Waals surface area contributed by atoms with Gasteiger partial charge in [-0.2, -0.15) is 9.41 Å². The summed E-state index contributed by atoms with van der Waals surface area (Å²) in [5, 5.41) is 18.0. The van der Waals surface area contributed by atoms with Gasteiger partial charge in [-0.3, -0.25) is 10.1 Å². The smallest absolute Gasteiger partial charge is 0.282 e. The average molecular weight is 584 g/mol. The number of thiazole rings is 1. The van der Waals surface area contributed by atoms with Gasteiger partial charge >= 0.3 is 0 Å². The number of ether oxygens (including phenoxy) is 3. The van der Waals surface area contributed by atoms with Crippen LogP contribution in [0.25, 0.3) is 11.5 Å². The molecule has 0 bridgehead atoms. The highest BCUT2D eigenvalue weighted by Crippen LogP contribution is 2.37. The van der Waals surface area contributed by atoms with Crippen LogP contribution in [-0.2, 0) is 14.8 Å². The number of nitro groups is 1. The van der Waals surface area contributed by atoms with Gasteiger partial charge in [-0.25, -0.2) is 18.1 Å². The van der Waals surface area contributed by atoms with E-state index in [4.69, 9.17) is 18.6 Å². The van der Waals surface area contributed by atoms with Gasteiger partial charge in [-0.1, -0.05) is 0 Å². The van der Waals surface area contributed by atoms with E-state index in [1.807, 2.05) is 0 Å². The lowest BCUT2D eigenvalue weighted by Crippen LogP contribution is -2.40.